The summed E-state index contributed by atoms with van der Waals surface area (Å²) in [5, 5.41) is 6.08. The van der Waals surface area contributed by atoms with Gasteiger partial charge in [0, 0.05) is 31.9 Å². The molecule has 0 radical (unpaired) electrons. The molecular weight excluding hydrogens is 266 g/mol. The van der Waals surface area contributed by atoms with Gasteiger partial charge in [-0.2, -0.15) is 0 Å². The van der Waals surface area contributed by atoms with Crippen molar-refractivity contribution in [3.63, 3.8) is 0 Å². The standard InChI is InChI=1S/C16H25N3O2/c1-2-14-3-5-15(6-4-14)18-16(20)13-17-7-8-19-9-11-21-12-10-19/h3-6,17H,2,7-13H2,1H3,(H,18,20). The van der Waals surface area contributed by atoms with Crippen LogP contribution in [0.25, 0.3) is 0 Å². The Morgan fingerprint density at radius 3 is 2.62 bits per heavy atom. The predicted molar refractivity (Wildman–Crippen MR) is 84.6 cm³/mol. The minimum Gasteiger partial charge on any atom is -0.379 e. The van der Waals surface area contributed by atoms with Crippen LogP contribution in [0.2, 0.25) is 0 Å². The van der Waals surface area contributed by atoms with Crippen LogP contribution in [-0.2, 0) is 16.0 Å². The van der Waals surface area contributed by atoms with Gasteiger partial charge < -0.3 is 15.4 Å². The van der Waals surface area contributed by atoms with Crippen molar-refractivity contribution in [2.75, 3.05) is 51.3 Å². The van der Waals surface area contributed by atoms with Crippen molar-refractivity contribution in [1.82, 2.24) is 10.2 Å². The van der Waals surface area contributed by atoms with Gasteiger partial charge in [0.15, 0.2) is 0 Å². The van der Waals surface area contributed by atoms with Crippen LogP contribution in [0.4, 0.5) is 5.69 Å². The molecule has 0 spiro atoms. The molecule has 1 aromatic carbocycles. The molecule has 2 N–H and O–H groups in total. The topological polar surface area (TPSA) is 53.6 Å². The minimum absolute atomic E-state index is 0.00114. The van der Waals surface area contributed by atoms with E-state index >= 15 is 0 Å². The zero-order valence-corrected chi connectivity index (χ0v) is 12.7. The quantitative estimate of drug-likeness (QED) is 0.739. The van der Waals surface area contributed by atoms with E-state index in [1.807, 2.05) is 24.3 Å². The maximum atomic E-state index is 11.8. The van der Waals surface area contributed by atoms with E-state index in [0.29, 0.717) is 6.54 Å². The van der Waals surface area contributed by atoms with E-state index in [-0.39, 0.29) is 5.91 Å². The molecule has 0 saturated carbocycles. The maximum Gasteiger partial charge on any atom is 0.238 e. The Hall–Kier alpha value is -1.43. The summed E-state index contributed by atoms with van der Waals surface area (Å²) in [6.45, 7) is 7.84. The van der Waals surface area contributed by atoms with E-state index in [1.54, 1.807) is 0 Å². The third-order valence-electron chi connectivity index (χ3n) is 3.64. The normalized spacial score (nSPS) is 15.9. The van der Waals surface area contributed by atoms with Crippen molar-refractivity contribution < 1.29 is 9.53 Å². The second-order valence-corrected chi connectivity index (χ2v) is 5.23. The summed E-state index contributed by atoms with van der Waals surface area (Å²) < 4.78 is 5.30. The minimum atomic E-state index is 0.00114. The number of carbonyl (C=O) groups excluding carboxylic acids is 1. The first-order chi connectivity index (χ1) is 10.3. The molecule has 21 heavy (non-hydrogen) atoms. The maximum absolute atomic E-state index is 11.8. The molecule has 0 unspecified atom stereocenters. The van der Waals surface area contributed by atoms with Gasteiger partial charge in [-0.05, 0) is 24.1 Å². The van der Waals surface area contributed by atoms with E-state index in [4.69, 9.17) is 4.74 Å². The van der Waals surface area contributed by atoms with Crippen LogP contribution in [0.1, 0.15) is 12.5 Å². The first-order valence-corrected chi connectivity index (χ1v) is 7.67. The highest BCUT2D eigenvalue weighted by atomic mass is 16.5. The van der Waals surface area contributed by atoms with Crippen LogP contribution in [0.5, 0.6) is 0 Å². The second kappa shape index (κ2) is 8.77. The van der Waals surface area contributed by atoms with Crippen molar-refractivity contribution in [2.24, 2.45) is 0 Å². The number of ether oxygens (including phenoxy) is 1. The first kappa shape index (κ1) is 15.9. The third kappa shape index (κ3) is 5.83. The number of hydrogen-bond donors (Lipinski definition) is 2. The van der Waals surface area contributed by atoms with Crippen LogP contribution in [-0.4, -0.2) is 56.7 Å². The summed E-state index contributed by atoms with van der Waals surface area (Å²) >= 11 is 0. The van der Waals surface area contributed by atoms with Crippen molar-refractivity contribution in [3.8, 4) is 0 Å². The lowest BCUT2D eigenvalue weighted by Gasteiger charge is -2.26. The van der Waals surface area contributed by atoms with Gasteiger partial charge in [-0.3, -0.25) is 9.69 Å². The lowest BCUT2D eigenvalue weighted by atomic mass is 10.1. The Labute approximate surface area is 126 Å². The fourth-order valence-electron chi connectivity index (χ4n) is 2.29. The summed E-state index contributed by atoms with van der Waals surface area (Å²) in [6.07, 6.45) is 1.01. The van der Waals surface area contributed by atoms with Gasteiger partial charge in [0.1, 0.15) is 0 Å². The Morgan fingerprint density at radius 2 is 1.95 bits per heavy atom. The molecule has 1 saturated heterocycles. The number of rotatable bonds is 7. The Bertz CT molecular complexity index is 428. The molecule has 1 heterocycles. The monoisotopic (exact) mass is 291 g/mol. The number of benzene rings is 1. The number of nitrogens with one attached hydrogen (secondary N) is 2. The zero-order chi connectivity index (χ0) is 14.9. The molecule has 5 nitrogen and oxygen atoms in total. The Kier molecular flexibility index (Phi) is 6.66. The summed E-state index contributed by atoms with van der Waals surface area (Å²) in [7, 11) is 0. The highest BCUT2D eigenvalue weighted by Gasteiger charge is 2.09. The largest absolute Gasteiger partial charge is 0.379 e. The van der Waals surface area contributed by atoms with Gasteiger partial charge in [-0.25, -0.2) is 0 Å². The van der Waals surface area contributed by atoms with Crippen LogP contribution in [0.3, 0.4) is 0 Å². The number of morpholine rings is 1. The summed E-state index contributed by atoms with van der Waals surface area (Å²) in [4.78, 5) is 14.2. The molecule has 0 aliphatic carbocycles. The third-order valence-corrected chi connectivity index (χ3v) is 3.64. The van der Waals surface area contributed by atoms with Gasteiger partial charge in [-0.15, -0.1) is 0 Å². The van der Waals surface area contributed by atoms with Gasteiger partial charge >= 0.3 is 0 Å². The molecule has 1 aliphatic rings. The van der Waals surface area contributed by atoms with Crippen LogP contribution >= 0.6 is 0 Å². The molecule has 1 fully saturated rings. The van der Waals surface area contributed by atoms with E-state index in [9.17, 15) is 4.79 Å². The molecule has 0 aromatic heterocycles. The Morgan fingerprint density at radius 1 is 1.24 bits per heavy atom. The molecule has 116 valence electrons. The summed E-state index contributed by atoms with van der Waals surface area (Å²) in [6, 6.07) is 7.98. The lowest BCUT2D eigenvalue weighted by molar-refractivity contribution is -0.115. The molecule has 1 aliphatic heterocycles. The van der Waals surface area contributed by atoms with E-state index in [2.05, 4.69) is 22.5 Å². The summed E-state index contributed by atoms with van der Waals surface area (Å²) in [5.74, 6) is 0.00114. The average molecular weight is 291 g/mol. The molecule has 1 aromatic rings. The van der Waals surface area contributed by atoms with Crippen molar-refractivity contribution in [2.45, 2.75) is 13.3 Å². The van der Waals surface area contributed by atoms with Gasteiger partial charge in [-0.1, -0.05) is 19.1 Å². The van der Waals surface area contributed by atoms with E-state index < -0.39 is 0 Å². The van der Waals surface area contributed by atoms with Crippen LogP contribution < -0.4 is 10.6 Å². The van der Waals surface area contributed by atoms with Gasteiger partial charge in [0.2, 0.25) is 5.91 Å². The number of anilines is 1. The fraction of sp³-hybridized carbons (Fsp3) is 0.562. The Balaban J connectivity index is 1.60. The second-order valence-electron chi connectivity index (χ2n) is 5.23. The number of nitrogens with zero attached hydrogens (tertiary/aromatic N) is 1. The van der Waals surface area contributed by atoms with Crippen LogP contribution in [0.15, 0.2) is 24.3 Å². The highest BCUT2D eigenvalue weighted by molar-refractivity contribution is 5.92. The van der Waals surface area contributed by atoms with E-state index in [0.717, 1.165) is 51.5 Å². The molecule has 1 amide bonds. The number of amides is 1. The molecule has 5 heteroatoms. The van der Waals surface area contributed by atoms with Gasteiger partial charge in [0.25, 0.3) is 0 Å². The first-order valence-electron chi connectivity index (χ1n) is 7.67. The number of aryl methyl sites for hydroxylation is 1. The smallest absolute Gasteiger partial charge is 0.238 e. The van der Waals surface area contributed by atoms with E-state index in [1.165, 1.54) is 5.56 Å². The zero-order valence-electron chi connectivity index (χ0n) is 12.7. The van der Waals surface area contributed by atoms with Gasteiger partial charge in [0.05, 0.1) is 19.8 Å². The molecular formula is C16H25N3O2. The summed E-state index contributed by atoms with van der Waals surface area (Å²) in [5.41, 5.74) is 2.13. The SMILES string of the molecule is CCc1ccc(NC(=O)CNCCN2CCOCC2)cc1. The number of carbonyl (C=O) groups is 1. The fourth-order valence-corrected chi connectivity index (χ4v) is 2.29. The molecule has 0 bridgehead atoms. The van der Waals surface area contributed by atoms with Crippen molar-refractivity contribution in [1.29, 1.82) is 0 Å². The van der Waals surface area contributed by atoms with Crippen molar-refractivity contribution >= 4 is 11.6 Å². The average Bonchev–Trinajstić information content (AvgIpc) is 2.53. The highest BCUT2D eigenvalue weighted by Crippen LogP contribution is 2.09. The predicted octanol–water partition coefficient (Wildman–Crippen LogP) is 1.11. The van der Waals surface area contributed by atoms with Crippen LogP contribution in [0, 0.1) is 0 Å². The molecule has 2 rings (SSSR count). The van der Waals surface area contributed by atoms with Crippen molar-refractivity contribution in [3.05, 3.63) is 29.8 Å². The molecule has 0 atom stereocenters. The lowest BCUT2D eigenvalue weighted by Crippen LogP contribution is -2.41. The number of hydrogen-bond acceptors (Lipinski definition) is 4.